The largest absolute Gasteiger partial charge is 0.481 e. The highest BCUT2D eigenvalue weighted by Gasteiger charge is 2.32. The van der Waals surface area contributed by atoms with Crippen LogP contribution in [0, 0.1) is 11.8 Å². The summed E-state index contributed by atoms with van der Waals surface area (Å²) in [6.07, 6.45) is -2.03. The van der Waals surface area contributed by atoms with Crippen molar-refractivity contribution in [3.63, 3.8) is 0 Å². The highest BCUT2D eigenvalue weighted by molar-refractivity contribution is 5.96. The van der Waals surface area contributed by atoms with E-state index in [1.807, 2.05) is 0 Å². The Bertz CT molecular complexity index is 1210. The van der Waals surface area contributed by atoms with Gasteiger partial charge in [-0.25, -0.2) is 4.79 Å². The van der Waals surface area contributed by atoms with Crippen LogP contribution in [0.5, 0.6) is 0 Å². The van der Waals surface area contributed by atoms with E-state index in [-0.39, 0.29) is 18.3 Å². The fourth-order valence-corrected chi connectivity index (χ4v) is 4.02. The lowest BCUT2D eigenvalue weighted by molar-refractivity contribution is -0.143. The molecule has 278 valence electrons. The van der Waals surface area contributed by atoms with Gasteiger partial charge in [0.05, 0.1) is 19.2 Å². The number of carbonyl (C=O) groups excluding carboxylic acids is 6. The summed E-state index contributed by atoms with van der Waals surface area (Å²) in [6, 6.07) is -8.16. The molecule has 0 bridgehead atoms. The molecule has 0 rings (SSSR count). The number of nitrogens with two attached hydrogens (primary N) is 1. The Balaban J connectivity index is 5.53. The summed E-state index contributed by atoms with van der Waals surface area (Å²) < 4.78 is 0. The Kier molecular flexibility index (Phi) is 19.7. The fourth-order valence-electron chi connectivity index (χ4n) is 4.02. The number of aliphatic hydroxyl groups is 1. The van der Waals surface area contributed by atoms with Crippen LogP contribution in [0.2, 0.25) is 0 Å². The van der Waals surface area contributed by atoms with E-state index in [0.717, 1.165) is 0 Å². The summed E-state index contributed by atoms with van der Waals surface area (Å²) in [7, 11) is 0. The number of carboxylic acids is 3. The van der Waals surface area contributed by atoms with Gasteiger partial charge in [0.1, 0.15) is 30.2 Å². The quantitative estimate of drug-likeness (QED) is 0.0490. The highest BCUT2D eigenvalue weighted by atomic mass is 16.4. The molecular formula is C29H49N7O13. The van der Waals surface area contributed by atoms with Crippen LogP contribution in [-0.4, -0.2) is 123 Å². The molecule has 0 unspecified atom stereocenters. The van der Waals surface area contributed by atoms with Crippen molar-refractivity contribution in [3.05, 3.63) is 0 Å². The second kappa shape index (κ2) is 21.9. The van der Waals surface area contributed by atoms with Crippen LogP contribution in [-0.2, 0) is 43.2 Å². The summed E-state index contributed by atoms with van der Waals surface area (Å²) in [5, 5.41) is 50.5. The van der Waals surface area contributed by atoms with Gasteiger partial charge < -0.3 is 58.1 Å². The third-order valence-electron chi connectivity index (χ3n) is 6.91. The van der Waals surface area contributed by atoms with Crippen molar-refractivity contribution >= 4 is 53.4 Å². The zero-order valence-electron chi connectivity index (χ0n) is 28.1. The van der Waals surface area contributed by atoms with Crippen molar-refractivity contribution in [3.8, 4) is 0 Å². The number of rotatable bonds is 23. The molecule has 6 amide bonds. The van der Waals surface area contributed by atoms with Crippen molar-refractivity contribution in [2.75, 3.05) is 13.2 Å². The van der Waals surface area contributed by atoms with Gasteiger partial charge in [-0.15, -0.1) is 0 Å². The number of carbonyl (C=O) groups is 9. The Labute approximate surface area is 282 Å². The average Bonchev–Trinajstić information content (AvgIpc) is 3.00. The SMILES string of the molecule is CC(C)C[C@H](NC(=O)[C@H](CCC(=O)O)NC(=O)[C@H](C)NC(=O)CNC(=O)[C@H](CO)NC(=O)[C@@H](N)C(C)C)C(=O)N[C@@H](CCC(=O)O)C(=O)O. The zero-order valence-corrected chi connectivity index (χ0v) is 28.1. The second-order valence-corrected chi connectivity index (χ2v) is 12.0. The normalized spacial score (nSPS) is 14.6. The lowest BCUT2D eigenvalue weighted by atomic mass is 10.0. The number of aliphatic hydroxyl groups excluding tert-OH is 1. The molecule has 0 saturated heterocycles. The number of amides is 6. The molecule has 0 heterocycles. The zero-order chi connectivity index (χ0) is 38.0. The van der Waals surface area contributed by atoms with Crippen molar-refractivity contribution < 1.29 is 63.6 Å². The van der Waals surface area contributed by atoms with Crippen LogP contribution in [0.25, 0.3) is 0 Å². The third-order valence-corrected chi connectivity index (χ3v) is 6.91. The molecule has 0 aliphatic rings. The summed E-state index contributed by atoms with van der Waals surface area (Å²) in [5.74, 6) is -9.96. The predicted molar refractivity (Wildman–Crippen MR) is 169 cm³/mol. The molecule has 0 aliphatic heterocycles. The monoisotopic (exact) mass is 703 g/mol. The minimum absolute atomic E-state index is 0.00797. The van der Waals surface area contributed by atoms with Gasteiger partial charge in [-0.2, -0.15) is 0 Å². The Hall–Kier alpha value is -4.85. The summed E-state index contributed by atoms with van der Waals surface area (Å²) in [6.45, 7) is 6.50. The molecule has 20 nitrogen and oxygen atoms in total. The van der Waals surface area contributed by atoms with Gasteiger partial charge in [-0.3, -0.25) is 38.4 Å². The van der Waals surface area contributed by atoms with Crippen molar-refractivity contribution in [1.82, 2.24) is 31.9 Å². The maximum Gasteiger partial charge on any atom is 0.326 e. The van der Waals surface area contributed by atoms with Crippen LogP contribution in [0.15, 0.2) is 0 Å². The Morgan fingerprint density at radius 3 is 1.53 bits per heavy atom. The number of hydrogen-bond donors (Lipinski definition) is 11. The third kappa shape index (κ3) is 17.8. The minimum Gasteiger partial charge on any atom is -0.481 e. The standard InChI is InChI=1S/C29H49N7O13/c1-13(2)10-18(27(46)34-17(29(48)49)7-9-22(41)42)35-26(45)16(6-8-21(39)40)33-24(43)15(5)32-20(38)11-31-25(44)19(12-37)36-28(47)23(30)14(3)4/h13-19,23,37H,6-12,30H2,1-5H3,(H,31,44)(H,32,38)(H,33,43)(H,34,46)(H,35,45)(H,36,47)(H,39,40)(H,41,42)(H,48,49)/t15-,16-,17-,18-,19-,23-/m0/s1. The first-order valence-electron chi connectivity index (χ1n) is 15.5. The van der Waals surface area contributed by atoms with Crippen LogP contribution >= 0.6 is 0 Å². The summed E-state index contributed by atoms with van der Waals surface area (Å²) in [5.41, 5.74) is 5.72. The molecule has 0 spiro atoms. The number of aliphatic carboxylic acids is 3. The predicted octanol–water partition coefficient (Wildman–Crippen LogP) is -3.62. The number of carboxylic acid groups (broad SMARTS) is 3. The first-order chi connectivity index (χ1) is 22.7. The average molecular weight is 704 g/mol. The highest BCUT2D eigenvalue weighted by Crippen LogP contribution is 2.09. The van der Waals surface area contributed by atoms with E-state index in [1.165, 1.54) is 6.92 Å². The number of hydrogen-bond acceptors (Lipinski definition) is 11. The lowest BCUT2D eigenvalue weighted by Gasteiger charge is -2.26. The van der Waals surface area contributed by atoms with E-state index in [9.17, 15) is 53.4 Å². The van der Waals surface area contributed by atoms with E-state index in [1.54, 1.807) is 27.7 Å². The fraction of sp³-hybridized carbons (Fsp3) is 0.690. The van der Waals surface area contributed by atoms with Gasteiger partial charge in [-0.05, 0) is 38.0 Å². The molecule has 6 atom stereocenters. The maximum absolute atomic E-state index is 13.2. The minimum atomic E-state index is -1.58. The molecule has 20 heteroatoms. The smallest absolute Gasteiger partial charge is 0.326 e. The van der Waals surface area contributed by atoms with E-state index < -0.39 is 128 Å². The van der Waals surface area contributed by atoms with Gasteiger partial charge in [0.25, 0.3) is 0 Å². The lowest BCUT2D eigenvalue weighted by Crippen LogP contribution is -2.58. The van der Waals surface area contributed by atoms with E-state index in [4.69, 9.17) is 15.9 Å². The molecule has 0 aromatic rings. The van der Waals surface area contributed by atoms with Gasteiger partial charge in [0.15, 0.2) is 0 Å². The Morgan fingerprint density at radius 2 is 1.06 bits per heavy atom. The van der Waals surface area contributed by atoms with Gasteiger partial charge in [-0.1, -0.05) is 27.7 Å². The maximum atomic E-state index is 13.2. The van der Waals surface area contributed by atoms with Gasteiger partial charge in [0.2, 0.25) is 35.4 Å². The van der Waals surface area contributed by atoms with E-state index in [0.29, 0.717) is 0 Å². The van der Waals surface area contributed by atoms with Crippen molar-refractivity contribution in [2.45, 2.75) is 103 Å². The van der Waals surface area contributed by atoms with Crippen LogP contribution in [0.4, 0.5) is 0 Å². The van der Waals surface area contributed by atoms with E-state index in [2.05, 4.69) is 31.9 Å². The molecule has 0 radical (unpaired) electrons. The Morgan fingerprint density at radius 1 is 0.592 bits per heavy atom. The van der Waals surface area contributed by atoms with Gasteiger partial charge in [0, 0.05) is 12.8 Å². The number of nitrogens with one attached hydrogen (secondary N) is 6. The molecule has 0 saturated carbocycles. The van der Waals surface area contributed by atoms with Crippen LogP contribution in [0.1, 0.15) is 66.7 Å². The molecule has 12 N–H and O–H groups in total. The van der Waals surface area contributed by atoms with Crippen LogP contribution in [0.3, 0.4) is 0 Å². The first-order valence-corrected chi connectivity index (χ1v) is 15.5. The first kappa shape index (κ1) is 44.1. The van der Waals surface area contributed by atoms with E-state index >= 15 is 0 Å². The molecule has 0 fully saturated rings. The molecule has 0 aromatic carbocycles. The topological polar surface area (TPSA) is 333 Å². The summed E-state index contributed by atoms with van der Waals surface area (Å²) >= 11 is 0. The molecule has 49 heavy (non-hydrogen) atoms. The van der Waals surface area contributed by atoms with Crippen molar-refractivity contribution in [2.24, 2.45) is 17.6 Å². The van der Waals surface area contributed by atoms with Crippen molar-refractivity contribution in [1.29, 1.82) is 0 Å². The van der Waals surface area contributed by atoms with Gasteiger partial charge >= 0.3 is 17.9 Å². The molecule has 0 aliphatic carbocycles. The van der Waals surface area contributed by atoms with Crippen LogP contribution < -0.4 is 37.6 Å². The summed E-state index contributed by atoms with van der Waals surface area (Å²) in [4.78, 5) is 110. The molecule has 0 aromatic heterocycles. The molecular weight excluding hydrogens is 654 g/mol. The second-order valence-electron chi connectivity index (χ2n) is 12.0.